The van der Waals surface area contributed by atoms with Gasteiger partial charge in [-0.3, -0.25) is 0 Å². The van der Waals surface area contributed by atoms with Gasteiger partial charge in [-0.25, -0.2) is 0 Å². The molecule has 0 aromatic heterocycles. The van der Waals surface area contributed by atoms with Crippen molar-refractivity contribution in [3.8, 4) is 5.75 Å². The molecule has 1 aromatic carbocycles. The molecular formula is C9H9O3S-. The Morgan fingerprint density at radius 2 is 2.23 bits per heavy atom. The third-order valence-corrected chi connectivity index (χ3v) is 1.91. The van der Waals surface area contributed by atoms with Crippen LogP contribution in [0, 0.1) is 0 Å². The molecule has 0 heterocycles. The molecule has 0 fully saturated rings. The van der Waals surface area contributed by atoms with Crippen LogP contribution in [-0.2, 0) is 0 Å². The van der Waals surface area contributed by atoms with Crippen molar-refractivity contribution in [2.75, 3.05) is 5.75 Å². The molecule has 0 aliphatic rings. The molecule has 0 saturated heterocycles. The maximum absolute atomic E-state index is 10.6. The van der Waals surface area contributed by atoms with Gasteiger partial charge >= 0.3 is 0 Å². The number of para-hydroxylation sites is 1. The maximum Gasteiger partial charge on any atom is 0.146 e. The molecule has 0 atom stereocenters. The summed E-state index contributed by atoms with van der Waals surface area (Å²) in [7, 11) is 0. The molecule has 1 rings (SSSR count). The molecule has 0 spiro atoms. The highest BCUT2D eigenvalue weighted by atomic mass is 32.2. The highest BCUT2D eigenvalue weighted by molar-refractivity contribution is 7.94. The minimum absolute atomic E-state index is 0.0865. The molecule has 0 aliphatic carbocycles. The first-order valence-electron chi connectivity index (χ1n) is 3.85. The molecule has 0 N–H and O–H groups in total. The number of rotatable bonds is 4. The number of carboxylic acids is 1. The first-order valence-corrected chi connectivity index (χ1v) is 4.76. The molecule has 4 heteroatoms. The number of carbonyl (C=O) groups is 1. The summed E-state index contributed by atoms with van der Waals surface area (Å²) >= 11 is 1.20. The first-order chi connectivity index (χ1) is 6.25. The lowest BCUT2D eigenvalue weighted by Gasteiger charge is -2.08. The second-order valence-corrected chi connectivity index (χ2v) is 3.25. The fourth-order valence-electron chi connectivity index (χ4n) is 0.830. The van der Waals surface area contributed by atoms with Gasteiger partial charge in [0.25, 0.3) is 0 Å². The molecule has 0 bridgehead atoms. The average molecular weight is 197 g/mol. The largest absolute Gasteiger partial charge is 0.545 e. The van der Waals surface area contributed by atoms with E-state index in [9.17, 15) is 9.90 Å². The number of carboxylic acid groups (broad SMARTS) is 1. The minimum Gasteiger partial charge on any atom is -0.545 e. The Morgan fingerprint density at radius 3 is 2.85 bits per heavy atom. The Balaban J connectivity index is 2.84. The predicted octanol–water partition coefficient (Wildman–Crippen LogP) is 1.10. The Hall–Kier alpha value is -1.16. The van der Waals surface area contributed by atoms with E-state index in [0.29, 0.717) is 5.75 Å². The van der Waals surface area contributed by atoms with Crippen molar-refractivity contribution >= 4 is 18.0 Å². The van der Waals surface area contributed by atoms with E-state index < -0.39 is 5.97 Å². The zero-order chi connectivity index (χ0) is 9.68. The third kappa shape index (κ3) is 2.66. The van der Waals surface area contributed by atoms with Gasteiger partial charge in [-0.15, -0.1) is 0 Å². The van der Waals surface area contributed by atoms with Gasteiger partial charge in [0, 0.05) is 11.3 Å². The van der Waals surface area contributed by atoms with Crippen LogP contribution in [0.1, 0.15) is 17.3 Å². The molecule has 0 amide bonds. The number of hydrogen-bond donors (Lipinski definition) is 0. The van der Waals surface area contributed by atoms with E-state index in [0.717, 1.165) is 5.75 Å². The van der Waals surface area contributed by atoms with Crippen molar-refractivity contribution in [3.63, 3.8) is 0 Å². The van der Waals surface area contributed by atoms with Gasteiger partial charge in [0.2, 0.25) is 0 Å². The summed E-state index contributed by atoms with van der Waals surface area (Å²) in [6.07, 6.45) is 0. The Kier molecular flexibility index (Phi) is 3.64. The minimum atomic E-state index is -1.22. The summed E-state index contributed by atoms with van der Waals surface area (Å²) in [4.78, 5) is 10.6. The van der Waals surface area contributed by atoms with Crippen molar-refractivity contribution < 1.29 is 14.1 Å². The van der Waals surface area contributed by atoms with Crippen LogP contribution in [0.4, 0.5) is 0 Å². The molecule has 1 aromatic rings. The molecule has 0 aliphatic heterocycles. The third-order valence-electron chi connectivity index (χ3n) is 1.37. The van der Waals surface area contributed by atoms with E-state index in [-0.39, 0.29) is 5.56 Å². The van der Waals surface area contributed by atoms with Crippen LogP contribution < -0.4 is 9.29 Å². The van der Waals surface area contributed by atoms with Crippen LogP contribution in [0.5, 0.6) is 5.75 Å². The van der Waals surface area contributed by atoms with E-state index in [4.69, 9.17) is 4.18 Å². The van der Waals surface area contributed by atoms with E-state index in [2.05, 4.69) is 0 Å². The highest BCUT2D eigenvalue weighted by Gasteiger charge is 2.02. The van der Waals surface area contributed by atoms with E-state index >= 15 is 0 Å². The van der Waals surface area contributed by atoms with Crippen LogP contribution in [0.3, 0.4) is 0 Å². The topological polar surface area (TPSA) is 49.4 Å². The summed E-state index contributed by atoms with van der Waals surface area (Å²) in [5.74, 6) is -0.108. The number of carbonyl (C=O) groups excluding carboxylic acids is 1. The summed E-state index contributed by atoms with van der Waals surface area (Å²) in [5.41, 5.74) is 0.0865. The zero-order valence-corrected chi connectivity index (χ0v) is 7.97. The Bertz CT molecular complexity index is 299. The standard InChI is InChI=1S/C9H10O3S/c1-2-13-12-8-6-4-3-5-7(8)9(10)11/h3-6H,2H2,1H3,(H,10,11)/p-1. The Morgan fingerprint density at radius 1 is 1.54 bits per heavy atom. The predicted molar refractivity (Wildman–Crippen MR) is 49.5 cm³/mol. The van der Waals surface area contributed by atoms with Crippen molar-refractivity contribution in [1.82, 2.24) is 0 Å². The Labute approximate surface area is 80.9 Å². The van der Waals surface area contributed by atoms with Crippen LogP contribution in [-0.4, -0.2) is 11.7 Å². The molecule has 13 heavy (non-hydrogen) atoms. The van der Waals surface area contributed by atoms with Crippen molar-refractivity contribution in [1.29, 1.82) is 0 Å². The smallest absolute Gasteiger partial charge is 0.146 e. The van der Waals surface area contributed by atoms with Gasteiger partial charge in [0.1, 0.15) is 5.75 Å². The molecule has 0 radical (unpaired) electrons. The van der Waals surface area contributed by atoms with Crippen molar-refractivity contribution in [2.24, 2.45) is 0 Å². The SMILES string of the molecule is CCSOc1ccccc1C(=O)[O-]. The number of hydrogen-bond acceptors (Lipinski definition) is 4. The summed E-state index contributed by atoms with van der Waals surface area (Å²) in [6.45, 7) is 1.92. The van der Waals surface area contributed by atoms with E-state index in [1.165, 1.54) is 18.1 Å². The van der Waals surface area contributed by atoms with Crippen LogP contribution in [0.25, 0.3) is 0 Å². The molecule has 70 valence electrons. The lowest BCUT2D eigenvalue weighted by atomic mass is 10.2. The van der Waals surface area contributed by atoms with Gasteiger partial charge in [0.05, 0.1) is 18.0 Å². The fourth-order valence-corrected chi connectivity index (χ4v) is 1.22. The van der Waals surface area contributed by atoms with Crippen molar-refractivity contribution in [2.45, 2.75) is 6.92 Å². The van der Waals surface area contributed by atoms with Gasteiger partial charge < -0.3 is 14.1 Å². The van der Waals surface area contributed by atoms with Gasteiger partial charge in [0.15, 0.2) is 0 Å². The van der Waals surface area contributed by atoms with Crippen LogP contribution in [0.2, 0.25) is 0 Å². The number of aromatic carboxylic acids is 1. The van der Waals surface area contributed by atoms with Crippen LogP contribution >= 0.6 is 12.0 Å². The number of benzene rings is 1. The normalized spacial score (nSPS) is 9.62. The lowest BCUT2D eigenvalue weighted by molar-refractivity contribution is -0.255. The maximum atomic E-state index is 10.6. The molecule has 0 unspecified atom stereocenters. The van der Waals surface area contributed by atoms with Gasteiger partial charge in [-0.2, -0.15) is 0 Å². The lowest BCUT2D eigenvalue weighted by Crippen LogP contribution is -2.22. The summed E-state index contributed by atoms with van der Waals surface area (Å²) in [5, 5.41) is 10.6. The van der Waals surface area contributed by atoms with Crippen molar-refractivity contribution in [3.05, 3.63) is 29.8 Å². The molecule has 3 nitrogen and oxygen atoms in total. The first kappa shape index (κ1) is 9.92. The van der Waals surface area contributed by atoms with E-state index in [1.54, 1.807) is 18.2 Å². The average Bonchev–Trinajstić information content (AvgIpc) is 2.15. The van der Waals surface area contributed by atoms with Crippen LogP contribution in [0.15, 0.2) is 24.3 Å². The van der Waals surface area contributed by atoms with Gasteiger partial charge in [-0.05, 0) is 12.1 Å². The monoisotopic (exact) mass is 197 g/mol. The van der Waals surface area contributed by atoms with E-state index in [1.807, 2.05) is 6.92 Å². The molecular weight excluding hydrogens is 188 g/mol. The second-order valence-electron chi connectivity index (χ2n) is 2.27. The second kappa shape index (κ2) is 4.77. The molecule has 0 saturated carbocycles. The fraction of sp³-hybridized carbons (Fsp3) is 0.222. The zero-order valence-electron chi connectivity index (χ0n) is 7.15. The quantitative estimate of drug-likeness (QED) is 0.678. The highest BCUT2D eigenvalue weighted by Crippen LogP contribution is 2.20. The summed E-state index contributed by atoms with van der Waals surface area (Å²) in [6, 6.07) is 6.42. The summed E-state index contributed by atoms with van der Waals surface area (Å²) < 4.78 is 5.14. The van der Waals surface area contributed by atoms with Gasteiger partial charge in [-0.1, -0.05) is 19.1 Å².